The van der Waals surface area contributed by atoms with Gasteiger partial charge in [-0.2, -0.15) is 0 Å². The number of hydrogen-bond acceptors (Lipinski definition) is 1. The number of Topliss-reactive ketones (excluding diaryl/α,β-unsaturated/α-hetero) is 1. The predicted octanol–water partition coefficient (Wildman–Crippen LogP) is 6.96. The Morgan fingerprint density at radius 1 is 0.926 bits per heavy atom. The highest BCUT2D eigenvalue weighted by Gasteiger charge is 2.22. The van der Waals surface area contributed by atoms with Gasteiger partial charge >= 0.3 is 0 Å². The minimum Gasteiger partial charge on any atom is -0.288 e. The van der Waals surface area contributed by atoms with E-state index in [-0.39, 0.29) is 11.7 Å². The van der Waals surface area contributed by atoms with E-state index in [1.807, 2.05) is 54.6 Å². The van der Waals surface area contributed by atoms with Gasteiger partial charge in [-0.15, -0.1) is 5.73 Å². The zero-order valence-electron chi connectivity index (χ0n) is 15.2. The first kappa shape index (κ1) is 18.9. The molecule has 1 unspecified atom stereocenters. The van der Waals surface area contributed by atoms with Gasteiger partial charge in [0, 0.05) is 22.1 Å². The van der Waals surface area contributed by atoms with E-state index in [0.29, 0.717) is 16.2 Å². The van der Waals surface area contributed by atoms with Crippen molar-refractivity contribution >= 4 is 23.5 Å². The van der Waals surface area contributed by atoms with Gasteiger partial charge in [0.2, 0.25) is 0 Å². The van der Waals surface area contributed by atoms with Crippen LogP contribution in [-0.2, 0) is 0 Å². The van der Waals surface area contributed by atoms with Crippen LogP contribution >= 0.6 is 11.6 Å². The molecule has 0 bridgehead atoms. The summed E-state index contributed by atoms with van der Waals surface area (Å²) in [6.45, 7) is 2.09. The molecule has 0 saturated carbocycles. The molecule has 0 fully saturated rings. The number of rotatable bonds is 6. The lowest BCUT2D eigenvalue weighted by Gasteiger charge is -2.17. The molecule has 0 aliphatic carbocycles. The molecule has 0 aliphatic heterocycles. The molecule has 3 aromatic carbocycles. The first-order chi connectivity index (χ1) is 13.2. The van der Waals surface area contributed by atoms with Gasteiger partial charge in [0.25, 0.3) is 0 Å². The fraction of sp³-hybridized carbons (Fsp3) is 0.120. The van der Waals surface area contributed by atoms with Crippen molar-refractivity contribution in [2.45, 2.75) is 19.3 Å². The van der Waals surface area contributed by atoms with Gasteiger partial charge in [-0.05, 0) is 47.9 Å². The normalized spacial score (nSPS) is 11.3. The molecule has 3 rings (SSSR count). The second-order valence-corrected chi connectivity index (χ2v) is 6.76. The number of carbonyl (C=O) groups excluding carboxylic acids is 1. The van der Waals surface area contributed by atoms with Crippen LogP contribution in [0.2, 0.25) is 5.02 Å². The van der Waals surface area contributed by atoms with E-state index in [2.05, 4.69) is 24.8 Å². The Hall–Kier alpha value is -2.86. The Bertz CT molecular complexity index is 950. The van der Waals surface area contributed by atoms with Crippen LogP contribution in [0.4, 0.5) is 0 Å². The lowest BCUT2D eigenvalue weighted by atomic mass is 9.85. The van der Waals surface area contributed by atoms with E-state index in [4.69, 9.17) is 11.6 Å². The Kier molecular flexibility index (Phi) is 6.44. The number of ketones is 1. The van der Waals surface area contributed by atoms with Crippen LogP contribution in [0, 0.1) is 0 Å². The maximum atomic E-state index is 13.3. The van der Waals surface area contributed by atoms with Crippen LogP contribution in [0.3, 0.4) is 0 Å². The quantitative estimate of drug-likeness (QED) is 0.260. The summed E-state index contributed by atoms with van der Waals surface area (Å²) in [5.74, 6) is -0.0381. The Morgan fingerprint density at radius 3 is 2.11 bits per heavy atom. The Balaban J connectivity index is 2.09. The van der Waals surface area contributed by atoms with Crippen LogP contribution in [0.5, 0.6) is 0 Å². The van der Waals surface area contributed by atoms with Crippen LogP contribution in [-0.4, -0.2) is 5.78 Å². The minimum atomic E-state index is -0.0191. The van der Waals surface area contributed by atoms with E-state index in [1.54, 1.807) is 24.3 Å². The molecule has 2 heteroatoms. The van der Waals surface area contributed by atoms with Crippen molar-refractivity contribution in [3.63, 3.8) is 0 Å². The van der Waals surface area contributed by atoms with Crippen molar-refractivity contribution in [1.29, 1.82) is 0 Å². The van der Waals surface area contributed by atoms with Gasteiger partial charge in [-0.25, -0.2) is 0 Å². The summed E-state index contributed by atoms with van der Waals surface area (Å²) >= 11 is 5.98. The third-order valence-corrected chi connectivity index (χ3v) is 4.76. The van der Waals surface area contributed by atoms with Crippen LogP contribution < -0.4 is 0 Å². The maximum Gasteiger partial charge on any atom is 0.197 e. The number of halogens is 1. The molecule has 0 aliphatic rings. The third-order valence-electron chi connectivity index (χ3n) is 4.50. The number of carbonyl (C=O) groups is 1. The lowest BCUT2D eigenvalue weighted by Crippen LogP contribution is -2.11. The van der Waals surface area contributed by atoms with Crippen molar-refractivity contribution in [3.8, 4) is 0 Å². The summed E-state index contributed by atoms with van der Waals surface area (Å²) in [5.41, 5.74) is 6.72. The van der Waals surface area contributed by atoms with Gasteiger partial charge in [0.1, 0.15) is 0 Å². The van der Waals surface area contributed by atoms with Gasteiger partial charge in [0.15, 0.2) is 5.78 Å². The van der Waals surface area contributed by atoms with E-state index in [9.17, 15) is 4.79 Å². The fourth-order valence-corrected chi connectivity index (χ4v) is 3.21. The molecule has 0 aromatic heterocycles. The van der Waals surface area contributed by atoms with Crippen molar-refractivity contribution in [1.82, 2.24) is 0 Å². The SMILES string of the molecule is CCC(C(=C=Cc1ccccc1)C(=O)c1ccc(Cl)cc1)c1ccccc1. The average Bonchev–Trinajstić information content (AvgIpc) is 2.72. The lowest BCUT2D eigenvalue weighted by molar-refractivity contribution is 0.102. The average molecular weight is 373 g/mol. The molecule has 0 saturated heterocycles. The number of allylic oxidation sites excluding steroid dienone is 1. The molecule has 1 atom stereocenters. The molecule has 3 aromatic rings. The summed E-state index contributed by atoms with van der Waals surface area (Å²) in [5, 5.41) is 0.618. The highest BCUT2D eigenvalue weighted by Crippen LogP contribution is 2.30. The zero-order valence-corrected chi connectivity index (χ0v) is 16.0. The monoisotopic (exact) mass is 372 g/mol. The Labute approximate surface area is 165 Å². The first-order valence-electron chi connectivity index (χ1n) is 9.06. The largest absolute Gasteiger partial charge is 0.288 e. The van der Waals surface area contributed by atoms with E-state index in [1.165, 1.54) is 0 Å². The number of hydrogen-bond donors (Lipinski definition) is 0. The standard InChI is InChI=1S/C25H21ClO/c1-2-23(20-11-7-4-8-12-20)24(18-13-19-9-5-3-6-10-19)25(27)21-14-16-22(26)17-15-21/h3-17,23H,2H2,1H3. The highest BCUT2D eigenvalue weighted by atomic mass is 35.5. The fourth-order valence-electron chi connectivity index (χ4n) is 3.08. The number of benzene rings is 3. The molecular weight excluding hydrogens is 352 g/mol. The molecular formula is C25H21ClO. The molecule has 0 heterocycles. The topological polar surface area (TPSA) is 17.1 Å². The smallest absolute Gasteiger partial charge is 0.197 e. The molecule has 0 spiro atoms. The van der Waals surface area contributed by atoms with Crippen LogP contribution in [0.15, 0.2) is 96.2 Å². The summed E-state index contributed by atoms with van der Waals surface area (Å²) in [6, 6.07) is 27.1. The summed E-state index contributed by atoms with van der Waals surface area (Å²) in [7, 11) is 0. The molecule has 0 amide bonds. The summed E-state index contributed by atoms with van der Waals surface area (Å²) in [4.78, 5) is 13.3. The summed E-state index contributed by atoms with van der Waals surface area (Å²) in [6.07, 6.45) is 2.70. The predicted molar refractivity (Wildman–Crippen MR) is 113 cm³/mol. The maximum absolute atomic E-state index is 13.3. The van der Waals surface area contributed by atoms with E-state index >= 15 is 0 Å². The molecule has 134 valence electrons. The van der Waals surface area contributed by atoms with Gasteiger partial charge < -0.3 is 0 Å². The summed E-state index contributed by atoms with van der Waals surface area (Å²) < 4.78 is 0. The van der Waals surface area contributed by atoms with Gasteiger partial charge in [0.05, 0.1) is 0 Å². The third kappa shape index (κ3) is 4.86. The molecule has 0 radical (unpaired) electrons. The van der Waals surface area contributed by atoms with Crippen molar-refractivity contribution in [2.75, 3.05) is 0 Å². The zero-order chi connectivity index (χ0) is 19.1. The minimum absolute atomic E-state index is 0.0189. The molecule has 1 nitrogen and oxygen atoms in total. The Morgan fingerprint density at radius 2 is 1.52 bits per heavy atom. The van der Waals surface area contributed by atoms with Crippen molar-refractivity contribution in [2.24, 2.45) is 0 Å². The van der Waals surface area contributed by atoms with E-state index in [0.717, 1.165) is 17.5 Å². The highest BCUT2D eigenvalue weighted by molar-refractivity contribution is 6.30. The van der Waals surface area contributed by atoms with Crippen molar-refractivity contribution in [3.05, 3.63) is 118 Å². The van der Waals surface area contributed by atoms with Gasteiger partial charge in [-0.1, -0.05) is 79.2 Å². The van der Waals surface area contributed by atoms with Crippen molar-refractivity contribution < 1.29 is 4.79 Å². The van der Waals surface area contributed by atoms with Crippen LogP contribution in [0.25, 0.3) is 6.08 Å². The van der Waals surface area contributed by atoms with E-state index < -0.39 is 0 Å². The van der Waals surface area contributed by atoms with Crippen LogP contribution in [0.1, 0.15) is 40.7 Å². The molecule has 27 heavy (non-hydrogen) atoms. The van der Waals surface area contributed by atoms with Gasteiger partial charge in [-0.3, -0.25) is 4.79 Å². The molecule has 0 N–H and O–H groups in total. The first-order valence-corrected chi connectivity index (χ1v) is 9.43. The second kappa shape index (κ2) is 9.19. The second-order valence-electron chi connectivity index (χ2n) is 6.32.